The van der Waals surface area contributed by atoms with Crippen molar-refractivity contribution >= 4 is 41.0 Å². The molecule has 2 N–H and O–H groups in total. The van der Waals surface area contributed by atoms with E-state index in [2.05, 4.69) is 10.6 Å². The second-order valence-corrected chi connectivity index (χ2v) is 9.38. The van der Waals surface area contributed by atoms with Gasteiger partial charge in [-0.3, -0.25) is 28.9 Å². The summed E-state index contributed by atoms with van der Waals surface area (Å²) in [4.78, 5) is 65.2. The van der Waals surface area contributed by atoms with Crippen molar-refractivity contribution in [2.24, 2.45) is 0 Å². The molecule has 0 radical (unpaired) electrons. The van der Waals surface area contributed by atoms with Crippen molar-refractivity contribution in [2.45, 2.75) is 19.4 Å². The van der Waals surface area contributed by atoms with Gasteiger partial charge in [0.15, 0.2) is 0 Å². The van der Waals surface area contributed by atoms with E-state index in [1.165, 1.54) is 13.0 Å². The summed E-state index contributed by atoms with van der Waals surface area (Å²) >= 11 is 0. The van der Waals surface area contributed by atoms with E-state index in [-0.39, 0.29) is 28.9 Å². The first-order valence-electron chi connectivity index (χ1n) is 12.8. The fraction of sp³-hybridized carbons (Fsp3) is 0.0938. The van der Waals surface area contributed by atoms with E-state index in [0.717, 1.165) is 10.5 Å². The summed E-state index contributed by atoms with van der Waals surface area (Å²) in [6.07, 6.45) is 0.118. The number of amides is 4. The first-order valence-corrected chi connectivity index (χ1v) is 12.8. The SMILES string of the molecule is CC(=O)Oc1cccc(C(=O)Nc2cccc(NC(=O)C(Cc3ccccc3)N3C(=O)c4ccccc4C3=O)c2)c1. The van der Waals surface area contributed by atoms with Crippen molar-refractivity contribution in [2.75, 3.05) is 10.6 Å². The second-order valence-electron chi connectivity index (χ2n) is 9.38. The molecule has 1 aliphatic heterocycles. The van der Waals surface area contributed by atoms with Crippen molar-refractivity contribution < 1.29 is 28.7 Å². The summed E-state index contributed by atoms with van der Waals surface area (Å²) in [6, 6.07) is 27.2. The Bertz CT molecular complexity index is 1630. The van der Waals surface area contributed by atoms with Crippen LogP contribution in [0.25, 0.3) is 0 Å². The number of anilines is 2. The highest BCUT2D eigenvalue weighted by molar-refractivity contribution is 6.23. The Morgan fingerprint density at radius 3 is 2.00 bits per heavy atom. The van der Waals surface area contributed by atoms with E-state index in [0.29, 0.717) is 11.4 Å². The summed E-state index contributed by atoms with van der Waals surface area (Å²) in [7, 11) is 0. The normalized spacial score (nSPS) is 12.9. The van der Waals surface area contributed by atoms with E-state index < -0.39 is 35.6 Å². The van der Waals surface area contributed by atoms with Crippen LogP contribution in [0.2, 0.25) is 0 Å². The zero-order chi connectivity index (χ0) is 28.9. The maximum Gasteiger partial charge on any atom is 0.308 e. The van der Waals surface area contributed by atoms with Crippen molar-refractivity contribution in [3.05, 3.63) is 125 Å². The molecule has 0 fully saturated rings. The third kappa shape index (κ3) is 6.04. The number of esters is 1. The Labute approximate surface area is 235 Å². The fourth-order valence-electron chi connectivity index (χ4n) is 4.60. The number of hydrogen-bond acceptors (Lipinski definition) is 6. The molecule has 1 heterocycles. The zero-order valence-corrected chi connectivity index (χ0v) is 22.0. The summed E-state index contributed by atoms with van der Waals surface area (Å²) in [5, 5.41) is 5.55. The van der Waals surface area contributed by atoms with Gasteiger partial charge in [0.25, 0.3) is 17.7 Å². The lowest BCUT2D eigenvalue weighted by Crippen LogP contribution is -2.48. The minimum Gasteiger partial charge on any atom is -0.427 e. The minimum absolute atomic E-state index is 0.118. The lowest BCUT2D eigenvalue weighted by atomic mass is 10.0. The fourth-order valence-corrected chi connectivity index (χ4v) is 4.60. The molecule has 0 aromatic heterocycles. The number of carbonyl (C=O) groups is 5. The molecule has 0 saturated carbocycles. The van der Waals surface area contributed by atoms with Gasteiger partial charge in [-0.1, -0.05) is 54.6 Å². The largest absolute Gasteiger partial charge is 0.427 e. The topological polar surface area (TPSA) is 122 Å². The highest BCUT2D eigenvalue weighted by Gasteiger charge is 2.42. The average Bonchev–Trinajstić information content (AvgIpc) is 3.21. The molecule has 4 amide bonds. The minimum atomic E-state index is -1.12. The van der Waals surface area contributed by atoms with Gasteiger partial charge in [-0.15, -0.1) is 0 Å². The molecule has 0 bridgehead atoms. The van der Waals surface area contributed by atoms with Crippen LogP contribution in [0.1, 0.15) is 43.6 Å². The Hall–Kier alpha value is -5.57. The first-order chi connectivity index (χ1) is 19.8. The molecule has 5 rings (SSSR count). The average molecular weight is 548 g/mol. The zero-order valence-electron chi connectivity index (χ0n) is 22.0. The van der Waals surface area contributed by atoms with Gasteiger partial charge in [0, 0.05) is 30.3 Å². The van der Waals surface area contributed by atoms with Gasteiger partial charge in [0.1, 0.15) is 11.8 Å². The van der Waals surface area contributed by atoms with E-state index >= 15 is 0 Å². The first kappa shape index (κ1) is 27.0. The molecule has 41 heavy (non-hydrogen) atoms. The van der Waals surface area contributed by atoms with Crippen LogP contribution in [-0.2, 0) is 16.0 Å². The number of nitrogens with zero attached hydrogens (tertiary/aromatic N) is 1. The third-order valence-electron chi connectivity index (χ3n) is 6.46. The van der Waals surface area contributed by atoms with Crippen LogP contribution in [0.5, 0.6) is 5.75 Å². The quantitative estimate of drug-likeness (QED) is 0.187. The summed E-state index contributed by atoms with van der Waals surface area (Å²) in [5.41, 5.74) is 2.31. The summed E-state index contributed by atoms with van der Waals surface area (Å²) in [6.45, 7) is 1.27. The highest BCUT2D eigenvalue weighted by atomic mass is 16.5. The van der Waals surface area contributed by atoms with Crippen LogP contribution < -0.4 is 15.4 Å². The van der Waals surface area contributed by atoms with Crippen LogP contribution in [0, 0.1) is 0 Å². The molecule has 0 spiro atoms. The van der Waals surface area contributed by atoms with E-state index in [1.807, 2.05) is 30.3 Å². The van der Waals surface area contributed by atoms with Crippen LogP contribution in [-0.4, -0.2) is 40.5 Å². The number of hydrogen-bond donors (Lipinski definition) is 2. The molecule has 4 aromatic carbocycles. The number of nitrogens with one attached hydrogen (secondary N) is 2. The summed E-state index contributed by atoms with van der Waals surface area (Å²) < 4.78 is 5.04. The lowest BCUT2D eigenvalue weighted by molar-refractivity contribution is -0.131. The molecular formula is C32H25N3O6. The monoisotopic (exact) mass is 547 g/mol. The van der Waals surface area contributed by atoms with Crippen LogP contribution in [0.15, 0.2) is 103 Å². The third-order valence-corrected chi connectivity index (χ3v) is 6.46. The van der Waals surface area contributed by atoms with Crippen molar-refractivity contribution in [1.82, 2.24) is 4.90 Å². The second kappa shape index (κ2) is 11.7. The Balaban J connectivity index is 1.36. The number of rotatable bonds is 8. The van der Waals surface area contributed by atoms with E-state index in [9.17, 15) is 24.0 Å². The van der Waals surface area contributed by atoms with Gasteiger partial charge in [0.2, 0.25) is 5.91 Å². The lowest BCUT2D eigenvalue weighted by Gasteiger charge is -2.25. The predicted molar refractivity (Wildman–Crippen MR) is 152 cm³/mol. The van der Waals surface area contributed by atoms with Gasteiger partial charge < -0.3 is 15.4 Å². The maximum atomic E-state index is 13.6. The Morgan fingerprint density at radius 1 is 0.732 bits per heavy atom. The van der Waals surface area contributed by atoms with Gasteiger partial charge in [-0.2, -0.15) is 0 Å². The Kier molecular flexibility index (Phi) is 7.69. The van der Waals surface area contributed by atoms with E-state index in [4.69, 9.17) is 4.74 Å². The number of fused-ring (bicyclic) bond motifs is 1. The van der Waals surface area contributed by atoms with Crippen molar-refractivity contribution in [3.8, 4) is 5.75 Å². The molecule has 1 aliphatic rings. The van der Waals surface area contributed by atoms with Gasteiger partial charge in [-0.05, 0) is 54.1 Å². The van der Waals surface area contributed by atoms with Crippen LogP contribution in [0.3, 0.4) is 0 Å². The Morgan fingerprint density at radius 2 is 1.34 bits per heavy atom. The molecule has 204 valence electrons. The van der Waals surface area contributed by atoms with Crippen molar-refractivity contribution in [3.63, 3.8) is 0 Å². The van der Waals surface area contributed by atoms with E-state index in [1.54, 1.807) is 66.7 Å². The predicted octanol–water partition coefficient (Wildman–Crippen LogP) is 4.71. The number of ether oxygens (including phenoxy) is 1. The van der Waals surface area contributed by atoms with Gasteiger partial charge in [-0.25, -0.2) is 0 Å². The standard InChI is InChI=1S/C32H25N3O6/c1-20(36)41-25-14-7-11-22(18-25)29(37)33-23-12-8-13-24(19-23)34-30(38)28(17-21-9-3-2-4-10-21)35-31(39)26-15-5-6-16-27(26)32(35)40/h2-16,18-19,28H,17H2,1H3,(H,33,37)(H,34,38). The van der Waals surface area contributed by atoms with Gasteiger partial charge in [0.05, 0.1) is 11.1 Å². The molecule has 0 saturated heterocycles. The number of imide groups is 1. The molecule has 4 aromatic rings. The van der Waals surface area contributed by atoms with Crippen LogP contribution in [0.4, 0.5) is 11.4 Å². The maximum absolute atomic E-state index is 13.6. The highest BCUT2D eigenvalue weighted by Crippen LogP contribution is 2.27. The van der Waals surface area contributed by atoms with Gasteiger partial charge >= 0.3 is 5.97 Å². The molecule has 9 nitrogen and oxygen atoms in total. The molecule has 1 atom stereocenters. The van der Waals surface area contributed by atoms with Crippen LogP contribution >= 0.6 is 0 Å². The molecule has 9 heteroatoms. The number of carbonyl (C=O) groups excluding carboxylic acids is 5. The molecule has 0 aliphatic carbocycles. The van der Waals surface area contributed by atoms with Crippen molar-refractivity contribution in [1.29, 1.82) is 0 Å². The number of benzene rings is 4. The molecular weight excluding hydrogens is 522 g/mol. The summed E-state index contributed by atoms with van der Waals surface area (Å²) in [5.74, 6) is -2.32. The smallest absolute Gasteiger partial charge is 0.308 e. The molecule has 1 unspecified atom stereocenters.